The van der Waals surface area contributed by atoms with Crippen molar-refractivity contribution in [1.29, 1.82) is 0 Å². The van der Waals surface area contributed by atoms with E-state index in [2.05, 4.69) is 25.7 Å². The summed E-state index contributed by atoms with van der Waals surface area (Å²) < 4.78 is 5.47. The second-order valence-electron chi connectivity index (χ2n) is 5.01. The van der Waals surface area contributed by atoms with Crippen molar-refractivity contribution in [2.24, 2.45) is 0 Å². The third-order valence-corrected chi connectivity index (χ3v) is 3.64. The van der Waals surface area contributed by atoms with Crippen molar-refractivity contribution >= 4 is 5.91 Å². The lowest BCUT2D eigenvalue weighted by Crippen LogP contribution is -2.37. The second kappa shape index (κ2) is 6.57. The first-order chi connectivity index (χ1) is 9.67. The number of rotatable bonds is 6. The van der Waals surface area contributed by atoms with E-state index in [0.29, 0.717) is 13.2 Å². The first-order valence-electron chi connectivity index (χ1n) is 7.05. The zero-order chi connectivity index (χ0) is 14.5. The number of nitrogens with zero attached hydrogens (tertiary/aromatic N) is 1. The van der Waals surface area contributed by atoms with Crippen LogP contribution in [-0.2, 0) is 4.79 Å². The molecule has 108 valence electrons. The van der Waals surface area contributed by atoms with Gasteiger partial charge in [-0.3, -0.25) is 10.1 Å². The molecule has 1 aliphatic rings. The SMILES string of the molecule is C=CCOc1ccc(C2NCC(=O)N2C(C)CC)cc1. The molecule has 1 N–H and O–H groups in total. The first kappa shape index (κ1) is 14.6. The van der Waals surface area contributed by atoms with Crippen LogP contribution in [0.5, 0.6) is 5.75 Å². The Morgan fingerprint density at radius 3 is 2.80 bits per heavy atom. The van der Waals surface area contributed by atoms with Crippen molar-refractivity contribution in [2.45, 2.75) is 32.5 Å². The fraction of sp³-hybridized carbons (Fsp3) is 0.438. The fourth-order valence-corrected chi connectivity index (χ4v) is 2.39. The lowest BCUT2D eigenvalue weighted by Gasteiger charge is -2.30. The molecular formula is C16H22N2O2. The summed E-state index contributed by atoms with van der Waals surface area (Å²) in [6.07, 6.45) is 2.63. The second-order valence-corrected chi connectivity index (χ2v) is 5.01. The minimum Gasteiger partial charge on any atom is -0.490 e. The Balaban J connectivity index is 2.13. The number of carbonyl (C=O) groups is 1. The molecule has 2 atom stereocenters. The zero-order valence-corrected chi connectivity index (χ0v) is 12.1. The van der Waals surface area contributed by atoms with Crippen LogP contribution in [0.15, 0.2) is 36.9 Å². The number of ether oxygens (including phenoxy) is 1. The van der Waals surface area contributed by atoms with Crippen LogP contribution in [0, 0.1) is 0 Å². The van der Waals surface area contributed by atoms with Crippen LogP contribution in [0.1, 0.15) is 32.0 Å². The molecule has 0 aliphatic carbocycles. The Labute approximate surface area is 120 Å². The first-order valence-corrected chi connectivity index (χ1v) is 7.05. The van der Waals surface area contributed by atoms with Gasteiger partial charge in [-0.15, -0.1) is 0 Å². The molecule has 4 heteroatoms. The fourth-order valence-electron chi connectivity index (χ4n) is 2.39. The maximum Gasteiger partial charge on any atom is 0.238 e. The van der Waals surface area contributed by atoms with Crippen LogP contribution in [0.2, 0.25) is 0 Å². The molecule has 0 aromatic heterocycles. The van der Waals surface area contributed by atoms with Gasteiger partial charge >= 0.3 is 0 Å². The molecule has 1 amide bonds. The highest BCUT2D eigenvalue weighted by Crippen LogP contribution is 2.27. The van der Waals surface area contributed by atoms with Gasteiger partial charge in [-0.1, -0.05) is 31.7 Å². The summed E-state index contributed by atoms with van der Waals surface area (Å²) in [6, 6.07) is 8.10. The van der Waals surface area contributed by atoms with Gasteiger partial charge in [0.05, 0.1) is 6.54 Å². The predicted molar refractivity (Wildman–Crippen MR) is 79.5 cm³/mol. The minimum atomic E-state index is -0.0362. The third-order valence-electron chi connectivity index (χ3n) is 3.64. The van der Waals surface area contributed by atoms with E-state index in [1.165, 1.54) is 0 Å². The monoisotopic (exact) mass is 274 g/mol. The summed E-state index contributed by atoms with van der Waals surface area (Å²) in [5.74, 6) is 0.976. The molecule has 2 unspecified atom stereocenters. The molecule has 0 radical (unpaired) electrons. The van der Waals surface area contributed by atoms with Gasteiger partial charge in [0.15, 0.2) is 0 Å². The summed E-state index contributed by atoms with van der Waals surface area (Å²) >= 11 is 0. The number of hydrogen-bond donors (Lipinski definition) is 1. The van der Waals surface area contributed by atoms with Gasteiger partial charge in [0, 0.05) is 6.04 Å². The largest absolute Gasteiger partial charge is 0.490 e. The highest BCUT2D eigenvalue weighted by molar-refractivity contribution is 5.81. The Hall–Kier alpha value is -1.81. The number of hydrogen-bond acceptors (Lipinski definition) is 3. The van der Waals surface area contributed by atoms with E-state index in [9.17, 15) is 4.79 Å². The van der Waals surface area contributed by atoms with E-state index in [-0.39, 0.29) is 18.1 Å². The van der Waals surface area contributed by atoms with E-state index in [4.69, 9.17) is 4.74 Å². The smallest absolute Gasteiger partial charge is 0.238 e. The van der Waals surface area contributed by atoms with Gasteiger partial charge in [0.25, 0.3) is 0 Å². The van der Waals surface area contributed by atoms with E-state index in [1.807, 2.05) is 29.2 Å². The Morgan fingerprint density at radius 2 is 2.20 bits per heavy atom. The molecule has 0 spiro atoms. The average molecular weight is 274 g/mol. The minimum absolute atomic E-state index is 0.0362. The Bertz CT molecular complexity index is 470. The summed E-state index contributed by atoms with van der Waals surface area (Å²) in [4.78, 5) is 13.9. The zero-order valence-electron chi connectivity index (χ0n) is 12.1. The number of carbonyl (C=O) groups excluding carboxylic acids is 1. The molecule has 0 bridgehead atoms. The molecule has 20 heavy (non-hydrogen) atoms. The summed E-state index contributed by atoms with van der Waals surface area (Å²) in [5.41, 5.74) is 1.09. The maximum absolute atomic E-state index is 12.0. The van der Waals surface area contributed by atoms with Gasteiger partial charge in [-0.25, -0.2) is 0 Å². The molecule has 1 saturated heterocycles. The molecule has 1 heterocycles. The molecule has 0 saturated carbocycles. The van der Waals surface area contributed by atoms with Gasteiger partial charge in [-0.05, 0) is 31.0 Å². The lowest BCUT2D eigenvalue weighted by molar-refractivity contribution is -0.130. The van der Waals surface area contributed by atoms with E-state index in [0.717, 1.165) is 17.7 Å². The van der Waals surface area contributed by atoms with Gasteiger partial charge < -0.3 is 9.64 Å². The van der Waals surface area contributed by atoms with Gasteiger partial charge in [-0.2, -0.15) is 0 Å². The van der Waals surface area contributed by atoms with E-state index < -0.39 is 0 Å². The quantitative estimate of drug-likeness (QED) is 0.810. The highest BCUT2D eigenvalue weighted by Gasteiger charge is 2.34. The molecular weight excluding hydrogens is 252 g/mol. The van der Waals surface area contributed by atoms with Crippen molar-refractivity contribution in [3.8, 4) is 5.75 Å². The van der Waals surface area contributed by atoms with Crippen LogP contribution >= 0.6 is 0 Å². The number of nitrogens with one attached hydrogen (secondary N) is 1. The highest BCUT2D eigenvalue weighted by atomic mass is 16.5. The van der Waals surface area contributed by atoms with E-state index >= 15 is 0 Å². The normalized spacial score (nSPS) is 20.0. The Morgan fingerprint density at radius 1 is 1.50 bits per heavy atom. The molecule has 1 aromatic rings. The van der Waals surface area contributed by atoms with Crippen molar-refractivity contribution in [3.63, 3.8) is 0 Å². The molecule has 4 nitrogen and oxygen atoms in total. The van der Waals surface area contributed by atoms with Crippen LogP contribution in [0.3, 0.4) is 0 Å². The molecule has 1 aromatic carbocycles. The maximum atomic E-state index is 12.0. The molecule has 1 aliphatic heterocycles. The van der Waals surface area contributed by atoms with Crippen molar-refractivity contribution in [3.05, 3.63) is 42.5 Å². The van der Waals surface area contributed by atoms with Gasteiger partial charge in [0.1, 0.15) is 18.5 Å². The number of benzene rings is 1. The lowest BCUT2D eigenvalue weighted by atomic mass is 10.1. The van der Waals surface area contributed by atoms with E-state index in [1.54, 1.807) is 6.08 Å². The van der Waals surface area contributed by atoms with Crippen LogP contribution in [0.4, 0.5) is 0 Å². The molecule has 1 fully saturated rings. The summed E-state index contributed by atoms with van der Waals surface area (Å²) in [6.45, 7) is 8.71. The summed E-state index contributed by atoms with van der Waals surface area (Å²) in [5, 5.41) is 3.27. The summed E-state index contributed by atoms with van der Waals surface area (Å²) in [7, 11) is 0. The number of amides is 1. The predicted octanol–water partition coefficient (Wildman–Crippen LogP) is 2.48. The van der Waals surface area contributed by atoms with Crippen molar-refractivity contribution in [1.82, 2.24) is 10.2 Å². The van der Waals surface area contributed by atoms with Crippen molar-refractivity contribution < 1.29 is 9.53 Å². The molecule has 2 rings (SSSR count). The van der Waals surface area contributed by atoms with Crippen LogP contribution in [-0.4, -0.2) is 30.0 Å². The topological polar surface area (TPSA) is 41.6 Å². The third kappa shape index (κ3) is 3.02. The van der Waals surface area contributed by atoms with Crippen LogP contribution < -0.4 is 10.1 Å². The van der Waals surface area contributed by atoms with Gasteiger partial charge in [0.2, 0.25) is 5.91 Å². The van der Waals surface area contributed by atoms with Crippen LogP contribution in [0.25, 0.3) is 0 Å². The average Bonchev–Trinajstić information content (AvgIpc) is 2.86. The standard InChI is InChI=1S/C16H22N2O2/c1-4-10-20-14-8-6-13(7-9-14)16-17-11-15(19)18(16)12(3)5-2/h4,6-9,12,16-17H,1,5,10-11H2,2-3H3. The van der Waals surface area contributed by atoms with Crippen molar-refractivity contribution in [2.75, 3.05) is 13.2 Å². The Kier molecular flexibility index (Phi) is 4.79.